The summed E-state index contributed by atoms with van der Waals surface area (Å²) >= 11 is 1.69. The minimum Gasteiger partial charge on any atom is -0.372 e. The molecule has 0 aromatic heterocycles. The van der Waals surface area contributed by atoms with Crippen LogP contribution in [0, 0.1) is 0 Å². The molecule has 1 aromatic carbocycles. The lowest BCUT2D eigenvalue weighted by atomic mass is 10.2. The van der Waals surface area contributed by atoms with Crippen molar-refractivity contribution < 1.29 is 22.7 Å². The maximum Gasteiger partial charge on any atom is 0.411 e. The standard InChI is InChI=1S/C13H16F3NO2S/c1-20-8-10-2-4-11(5-3-10)17-12(18)6-7-19-9-13(14,15)16/h2-5H,6-9H2,1H3,(H,17,18). The fourth-order valence-electron chi connectivity index (χ4n) is 1.43. The van der Waals surface area contributed by atoms with E-state index in [1.807, 2.05) is 18.4 Å². The van der Waals surface area contributed by atoms with Crippen molar-refractivity contribution in [2.24, 2.45) is 0 Å². The van der Waals surface area contributed by atoms with E-state index in [1.54, 1.807) is 23.9 Å². The second kappa shape index (κ2) is 8.16. The number of carbonyl (C=O) groups excluding carboxylic acids is 1. The van der Waals surface area contributed by atoms with E-state index < -0.39 is 12.8 Å². The molecule has 0 radical (unpaired) electrons. The Morgan fingerprint density at radius 2 is 1.95 bits per heavy atom. The van der Waals surface area contributed by atoms with Crippen molar-refractivity contribution in [3.8, 4) is 0 Å². The van der Waals surface area contributed by atoms with Crippen LogP contribution in [0.15, 0.2) is 24.3 Å². The van der Waals surface area contributed by atoms with Gasteiger partial charge in [0.25, 0.3) is 0 Å². The topological polar surface area (TPSA) is 38.3 Å². The van der Waals surface area contributed by atoms with Crippen molar-refractivity contribution in [2.75, 3.05) is 24.8 Å². The summed E-state index contributed by atoms with van der Waals surface area (Å²) in [6.07, 6.45) is -2.47. The van der Waals surface area contributed by atoms with Crippen molar-refractivity contribution >= 4 is 23.4 Å². The number of ether oxygens (including phenoxy) is 1. The summed E-state index contributed by atoms with van der Waals surface area (Å²) in [5, 5.41) is 2.60. The molecule has 0 aliphatic rings. The highest BCUT2D eigenvalue weighted by Crippen LogP contribution is 2.15. The number of benzene rings is 1. The monoisotopic (exact) mass is 307 g/mol. The van der Waals surface area contributed by atoms with Gasteiger partial charge in [-0.2, -0.15) is 24.9 Å². The minimum atomic E-state index is -4.36. The molecule has 1 aromatic rings. The first kappa shape index (κ1) is 16.8. The predicted molar refractivity (Wildman–Crippen MR) is 73.8 cm³/mol. The molecular formula is C13H16F3NO2S. The lowest BCUT2D eigenvalue weighted by Gasteiger charge is -2.08. The van der Waals surface area contributed by atoms with Crippen molar-refractivity contribution in [2.45, 2.75) is 18.3 Å². The Hall–Kier alpha value is -1.21. The first-order chi connectivity index (χ1) is 9.40. The zero-order valence-corrected chi connectivity index (χ0v) is 11.8. The third-order valence-corrected chi connectivity index (χ3v) is 2.91. The number of alkyl halides is 3. The molecule has 0 heterocycles. The van der Waals surface area contributed by atoms with Gasteiger partial charge in [0.05, 0.1) is 13.0 Å². The lowest BCUT2D eigenvalue weighted by molar-refractivity contribution is -0.174. The summed E-state index contributed by atoms with van der Waals surface area (Å²) in [4.78, 5) is 11.5. The molecule has 3 nitrogen and oxygen atoms in total. The van der Waals surface area contributed by atoms with E-state index >= 15 is 0 Å². The average Bonchev–Trinajstić information content (AvgIpc) is 2.36. The molecule has 1 N–H and O–H groups in total. The maximum atomic E-state index is 11.8. The van der Waals surface area contributed by atoms with Gasteiger partial charge in [-0.1, -0.05) is 12.1 Å². The highest BCUT2D eigenvalue weighted by Gasteiger charge is 2.27. The Balaban J connectivity index is 2.28. The molecule has 1 amide bonds. The highest BCUT2D eigenvalue weighted by molar-refractivity contribution is 7.97. The van der Waals surface area contributed by atoms with Gasteiger partial charge < -0.3 is 10.1 Å². The number of rotatable bonds is 7. The van der Waals surface area contributed by atoms with Crippen LogP contribution in [-0.2, 0) is 15.3 Å². The third-order valence-electron chi connectivity index (χ3n) is 2.29. The number of nitrogens with one attached hydrogen (secondary N) is 1. The Labute approximate surface area is 119 Å². The van der Waals surface area contributed by atoms with Crippen LogP contribution >= 0.6 is 11.8 Å². The molecule has 0 saturated carbocycles. The largest absolute Gasteiger partial charge is 0.411 e. The van der Waals surface area contributed by atoms with E-state index in [-0.39, 0.29) is 18.9 Å². The van der Waals surface area contributed by atoms with Crippen LogP contribution in [-0.4, -0.2) is 31.6 Å². The van der Waals surface area contributed by atoms with Crippen molar-refractivity contribution in [3.05, 3.63) is 29.8 Å². The molecule has 112 valence electrons. The van der Waals surface area contributed by atoms with Gasteiger partial charge in [-0.05, 0) is 24.0 Å². The predicted octanol–water partition coefficient (Wildman–Crippen LogP) is 3.46. The van der Waals surface area contributed by atoms with Gasteiger partial charge in [-0.15, -0.1) is 0 Å². The number of hydrogen-bond acceptors (Lipinski definition) is 3. The number of hydrogen-bond donors (Lipinski definition) is 1. The molecule has 0 atom stereocenters. The molecule has 1 rings (SSSR count). The highest BCUT2D eigenvalue weighted by atomic mass is 32.2. The molecule has 0 aliphatic carbocycles. The van der Waals surface area contributed by atoms with Crippen LogP contribution < -0.4 is 5.32 Å². The minimum absolute atomic E-state index is 0.108. The molecule has 0 spiro atoms. The fraction of sp³-hybridized carbons (Fsp3) is 0.462. The van der Waals surface area contributed by atoms with Gasteiger partial charge >= 0.3 is 6.18 Å². The molecule has 7 heteroatoms. The third kappa shape index (κ3) is 7.40. The van der Waals surface area contributed by atoms with Crippen LogP contribution in [0.1, 0.15) is 12.0 Å². The average molecular weight is 307 g/mol. The molecule has 0 aliphatic heterocycles. The number of thioether (sulfide) groups is 1. The zero-order chi connectivity index (χ0) is 15.0. The second-order valence-electron chi connectivity index (χ2n) is 4.10. The van der Waals surface area contributed by atoms with E-state index in [2.05, 4.69) is 10.1 Å². The Bertz CT molecular complexity index is 421. The smallest absolute Gasteiger partial charge is 0.372 e. The first-order valence-electron chi connectivity index (χ1n) is 5.93. The molecule has 0 saturated heterocycles. The fourth-order valence-corrected chi connectivity index (χ4v) is 1.95. The number of anilines is 1. The summed E-state index contributed by atoms with van der Waals surface area (Å²) in [7, 11) is 0. The van der Waals surface area contributed by atoms with Crippen LogP contribution in [0.25, 0.3) is 0 Å². The Morgan fingerprint density at radius 3 is 2.50 bits per heavy atom. The first-order valence-corrected chi connectivity index (χ1v) is 7.32. The molecule has 20 heavy (non-hydrogen) atoms. The molecular weight excluding hydrogens is 291 g/mol. The summed E-state index contributed by atoms with van der Waals surface area (Å²) in [5.41, 5.74) is 1.76. The Morgan fingerprint density at radius 1 is 1.30 bits per heavy atom. The summed E-state index contributed by atoms with van der Waals surface area (Å²) in [5.74, 6) is 0.518. The number of amides is 1. The van der Waals surface area contributed by atoms with Crippen LogP contribution in [0.3, 0.4) is 0 Å². The molecule has 0 unspecified atom stereocenters. The van der Waals surface area contributed by atoms with Crippen molar-refractivity contribution in [1.29, 1.82) is 0 Å². The zero-order valence-electron chi connectivity index (χ0n) is 11.0. The normalized spacial score (nSPS) is 11.4. The molecule has 0 bridgehead atoms. The van der Waals surface area contributed by atoms with Crippen molar-refractivity contribution in [1.82, 2.24) is 0 Å². The van der Waals surface area contributed by atoms with Gasteiger partial charge in [0.1, 0.15) is 6.61 Å². The van der Waals surface area contributed by atoms with Crippen LogP contribution in [0.4, 0.5) is 18.9 Å². The Kier molecular flexibility index (Phi) is 6.87. The van der Waals surface area contributed by atoms with E-state index in [0.29, 0.717) is 5.69 Å². The summed E-state index contributed by atoms with van der Waals surface area (Å²) < 4.78 is 39.8. The molecule has 0 fully saturated rings. The van der Waals surface area contributed by atoms with Gasteiger partial charge in [0.2, 0.25) is 5.91 Å². The van der Waals surface area contributed by atoms with Crippen LogP contribution in [0.2, 0.25) is 0 Å². The van der Waals surface area contributed by atoms with Gasteiger partial charge in [-0.25, -0.2) is 0 Å². The van der Waals surface area contributed by atoms with E-state index in [9.17, 15) is 18.0 Å². The quantitative estimate of drug-likeness (QED) is 0.784. The maximum absolute atomic E-state index is 11.8. The van der Waals surface area contributed by atoms with Crippen molar-refractivity contribution in [3.63, 3.8) is 0 Å². The number of carbonyl (C=O) groups is 1. The van der Waals surface area contributed by atoms with E-state index in [4.69, 9.17) is 0 Å². The van der Waals surface area contributed by atoms with Gasteiger partial charge in [0, 0.05) is 11.4 Å². The van der Waals surface area contributed by atoms with Gasteiger partial charge in [-0.3, -0.25) is 4.79 Å². The van der Waals surface area contributed by atoms with E-state index in [1.165, 1.54) is 0 Å². The second-order valence-corrected chi connectivity index (χ2v) is 4.96. The number of halogens is 3. The van der Waals surface area contributed by atoms with Crippen LogP contribution in [0.5, 0.6) is 0 Å². The SMILES string of the molecule is CSCc1ccc(NC(=O)CCOCC(F)(F)F)cc1. The summed E-state index contributed by atoms with van der Waals surface area (Å²) in [6.45, 7) is -1.58. The lowest BCUT2D eigenvalue weighted by Crippen LogP contribution is -2.20. The van der Waals surface area contributed by atoms with Gasteiger partial charge in [0.15, 0.2) is 0 Å². The van der Waals surface area contributed by atoms with E-state index in [0.717, 1.165) is 11.3 Å². The summed E-state index contributed by atoms with van der Waals surface area (Å²) in [6, 6.07) is 7.32.